The van der Waals surface area contributed by atoms with E-state index in [0.29, 0.717) is 32.1 Å². The van der Waals surface area contributed by atoms with Crippen LogP contribution in [0.25, 0.3) is 17.4 Å². The maximum Gasteiger partial charge on any atom is 0.338 e. The van der Waals surface area contributed by atoms with Crippen LogP contribution in [0, 0.1) is 6.92 Å². The van der Waals surface area contributed by atoms with Gasteiger partial charge in [-0.3, -0.25) is 9.36 Å². The van der Waals surface area contributed by atoms with E-state index in [-0.39, 0.29) is 17.7 Å². The summed E-state index contributed by atoms with van der Waals surface area (Å²) in [5.74, 6) is -0.766. The van der Waals surface area contributed by atoms with Crippen LogP contribution in [0.1, 0.15) is 47.1 Å². The van der Waals surface area contributed by atoms with Crippen molar-refractivity contribution < 1.29 is 23.8 Å². The summed E-state index contributed by atoms with van der Waals surface area (Å²) in [4.78, 5) is 42.8. The van der Waals surface area contributed by atoms with Gasteiger partial charge in [0.05, 0.1) is 34.4 Å². The van der Waals surface area contributed by atoms with Gasteiger partial charge in [-0.15, -0.1) is 0 Å². The number of ether oxygens (including phenoxy) is 1. The summed E-state index contributed by atoms with van der Waals surface area (Å²) in [6, 6.07) is 16.8. The van der Waals surface area contributed by atoms with Crippen LogP contribution in [0.2, 0.25) is 0 Å². The Balaban J connectivity index is 1.60. The zero-order valence-corrected chi connectivity index (χ0v) is 21.7. The number of benzene rings is 2. The first-order chi connectivity index (χ1) is 18.3. The number of fused-ring (bicyclic) bond motifs is 1. The van der Waals surface area contributed by atoms with E-state index in [1.54, 1.807) is 45.0 Å². The third-order valence-corrected chi connectivity index (χ3v) is 7.24. The van der Waals surface area contributed by atoms with E-state index in [0.717, 1.165) is 16.7 Å². The topological polar surface area (TPSA) is 114 Å². The molecule has 0 aliphatic carbocycles. The van der Waals surface area contributed by atoms with Crippen molar-refractivity contribution in [2.45, 2.75) is 26.8 Å². The van der Waals surface area contributed by atoms with Gasteiger partial charge in [-0.2, -0.15) is 0 Å². The molecule has 2 aromatic carbocycles. The van der Waals surface area contributed by atoms with E-state index < -0.39 is 18.0 Å². The van der Waals surface area contributed by atoms with E-state index in [4.69, 9.17) is 9.15 Å². The molecule has 0 unspecified atom stereocenters. The first-order valence-electron chi connectivity index (χ1n) is 11.9. The van der Waals surface area contributed by atoms with Gasteiger partial charge in [-0.25, -0.2) is 9.79 Å². The average molecular weight is 528 g/mol. The molecule has 4 aromatic rings. The lowest BCUT2D eigenvalue weighted by molar-refractivity contribution is -0.255. The smallest absolute Gasteiger partial charge is 0.338 e. The molecule has 0 spiro atoms. The van der Waals surface area contributed by atoms with Crippen molar-refractivity contribution in [1.82, 2.24) is 4.57 Å². The summed E-state index contributed by atoms with van der Waals surface area (Å²) in [6.45, 7) is 5.47. The van der Waals surface area contributed by atoms with Gasteiger partial charge in [0.2, 0.25) is 0 Å². The fourth-order valence-corrected chi connectivity index (χ4v) is 5.54. The molecule has 3 heterocycles. The number of nitrogens with zero attached hydrogens (tertiary/aromatic N) is 2. The van der Waals surface area contributed by atoms with Crippen molar-refractivity contribution in [2.24, 2.45) is 4.99 Å². The number of aromatic carboxylic acids is 1. The van der Waals surface area contributed by atoms with Crippen molar-refractivity contribution in [1.29, 1.82) is 0 Å². The molecule has 0 saturated carbocycles. The normalized spacial score (nSPS) is 15.2. The number of carbonyl (C=O) groups excluding carboxylic acids is 2. The second-order valence-electron chi connectivity index (χ2n) is 8.73. The highest BCUT2D eigenvalue weighted by Crippen LogP contribution is 2.31. The lowest BCUT2D eigenvalue weighted by Gasteiger charge is -2.24. The molecule has 38 heavy (non-hydrogen) atoms. The van der Waals surface area contributed by atoms with Gasteiger partial charge in [0.15, 0.2) is 4.80 Å². The molecule has 8 nitrogen and oxygen atoms in total. The number of furan rings is 1. The lowest BCUT2D eigenvalue weighted by atomic mass is 9.96. The number of esters is 1. The molecule has 0 bridgehead atoms. The molecule has 5 rings (SSSR count). The van der Waals surface area contributed by atoms with Gasteiger partial charge < -0.3 is 19.1 Å². The summed E-state index contributed by atoms with van der Waals surface area (Å²) < 4.78 is 13.2. The summed E-state index contributed by atoms with van der Waals surface area (Å²) in [6.07, 6.45) is 1.64. The van der Waals surface area contributed by atoms with Crippen LogP contribution >= 0.6 is 11.3 Å². The largest absolute Gasteiger partial charge is 0.545 e. The number of allylic oxidation sites excluding steroid dienone is 1. The first kappa shape index (κ1) is 25.2. The molecule has 9 heteroatoms. The Morgan fingerprint density at radius 3 is 2.58 bits per heavy atom. The first-order valence-corrected chi connectivity index (χ1v) is 12.8. The van der Waals surface area contributed by atoms with E-state index in [9.17, 15) is 19.5 Å². The Bertz CT molecular complexity index is 1780. The number of aryl methyl sites for hydroxylation is 1. The summed E-state index contributed by atoms with van der Waals surface area (Å²) in [7, 11) is 0. The molecule has 192 valence electrons. The van der Waals surface area contributed by atoms with E-state index >= 15 is 0 Å². The maximum atomic E-state index is 13.7. The molecular formula is C29H23N2O6S-. The highest BCUT2D eigenvalue weighted by Gasteiger charge is 2.33. The van der Waals surface area contributed by atoms with Crippen LogP contribution in [0.3, 0.4) is 0 Å². The van der Waals surface area contributed by atoms with Crippen LogP contribution in [-0.4, -0.2) is 23.1 Å². The molecule has 0 N–H and O–H groups in total. The quantitative estimate of drug-likeness (QED) is 0.356. The number of carboxylic acid groups (broad SMARTS) is 1. The summed E-state index contributed by atoms with van der Waals surface area (Å²) in [5, 5.41) is 11.1. The molecule has 1 aliphatic rings. The zero-order chi connectivity index (χ0) is 27.0. The van der Waals surface area contributed by atoms with Crippen LogP contribution in [-0.2, 0) is 9.53 Å². The van der Waals surface area contributed by atoms with Crippen molar-refractivity contribution in [3.63, 3.8) is 0 Å². The molecule has 1 atom stereocenters. The van der Waals surface area contributed by atoms with Crippen LogP contribution in [0.15, 0.2) is 86.1 Å². The number of aromatic nitrogens is 1. The van der Waals surface area contributed by atoms with E-state index in [1.807, 2.05) is 30.3 Å². The average Bonchev–Trinajstić information content (AvgIpc) is 3.48. The predicted octanol–water partition coefficient (Wildman–Crippen LogP) is 2.73. The van der Waals surface area contributed by atoms with Crippen molar-refractivity contribution in [3.05, 3.63) is 114 Å². The van der Waals surface area contributed by atoms with Gasteiger partial charge in [0, 0.05) is 11.6 Å². The zero-order valence-electron chi connectivity index (χ0n) is 20.9. The minimum absolute atomic E-state index is 0.0876. The molecule has 0 saturated heterocycles. The molecular weight excluding hydrogens is 504 g/mol. The molecule has 2 aromatic heterocycles. The third kappa shape index (κ3) is 4.52. The van der Waals surface area contributed by atoms with Gasteiger partial charge in [-0.05, 0) is 55.7 Å². The predicted molar refractivity (Wildman–Crippen MR) is 140 cm³/mol. The number of hydrogen-bond donors (Lipinski definition) is 0. The van der Waals surface area contributed by atoms with Crippen molar-refractivity contribution in [2.75, 3.05) is 6.61 Å². The van der Waals surface area contributed by atoms with Crippen LogP contribution in [0.4, 0.5) is 0 Å². The van der Waals surface area contributed by atoms with Gasteiger partial charge in [0.25, 0.3) is 5.56 Å². The van der Waals surface area contributed by atoms with Crippen LogP contribution < -0.4 is 20.0 Å². The molecule has 0 fully saturated rings. The number of carboxylic acids is 1. The number of carbonyl (C=O) groups is 2. The van der Waals surface area contributed by atoms with E-state index in [1.165, 1.54) is 28.0 Å². The fraction of sp³-hybridized carbons (Fsp3) is 0.172. The Morgan fingerprint density at radius 1 is 1.13 bits per heavy atom. The van der Waals surface area contributed by atoms with Crippen molar-refractivity contribution >= 4 is 29.4 Å². The Morgan fingerprint density at radius 2 is 1.89 bits per heavy atom. The monoisotopic (exact) mass is 527 g/mol. The van der Waals surface area contributed by atoms with Gasteiger partial charge >= 0.3 is 5.97 Å². The SMILES string of the molecule is CCOC(=O)C1=C(C)N=c2s/c(=C\c3ccc(-c4ccc(C(=O)[O-])cc4C)o3)c(=O)n2[C@@H]1c1ccccc1. The fourth-order valence-electron chi connectivity index (χ4n) is 4.51. The standard InChI is InChI=1S/C29H24N2O6S/c1-4-36-28(35)24-17(3)30-29-31(25(24)18-8-6-5-7-9-18)26(32)23(38-29)15-20-11-13-22(37-20)21-12-10-19(27(33)34)14-16(21)2/h5-15,25H,4H2,1-3H3,(H,33,34)/p-1/b23-15-/t25-/m1/s1. The number of rotatable bonds is 6. The summed E-state index contributed by atoms with van der Waals surface area (Å²) >= 11 is 1.21. The molecule has 1 aliphatic heterocycles. The molecule has 0 amide bonds. The highest BCUT2D eigenvalue weighted by atomic mass is 32.1. The second-order valence-corrected chi connectivity index (χ2v) is 9.74. The minimum Gasteiger partial charge on any atom is -0.545 e. The van der Waals surface area contributed by atoms with E-state index in [2.05, 4.69) is 4.99 Å². The highest BCUT2D eigenvalue weighted by molar-refractivity contribution is 7.07. The molecule has 0 radical (unpaired) electrons. The minimum atomic E-state index is -1.25. The van der Waals surface area contributed by atoms with Gasteiger partial charge in [-0.1, -0.05) is 53.8 Å². The second kappa shape index (κ2) is 10.1. The third-order valence-electron chi connectivity index (χ3n) is 6.26. The van der Waals surface area contributed by atoms with Crippen molar-refractivity contribution in [3.8, 4) is 11.3 Å². The Hall–Kier alpha value is -4.50. The maximum absolute atomic E-state index is 13.7. The summed E-state index contributed by atoms with van der Waals surface area (Å²) in [5.41, 5.74) is 2.84. The van der Waals surface area contributed by atoms with Crippen LogP contribution in [0.5, 0.6) is 0 Å². The lowest BCUT2D eigenvalue weighted by Crippen LogP contribution is -2.39. The number of thiazole rings is 1. The number of hydrogen-bond acceptors (Lipinski definition) is 8. The van der Waals surface area contributed by atoms with Gasteiger partial charge in [0.1, 0.15) is 11.5 Å². The Kier molecular flexibility index (Phi) is 6.69. The Labute approximate surface area is 221 Å².